The Morgan fingerprint density at radius 1 is 1.41 bits per heavy atom. The quantitative estimate of drug-likeness (QED) is 0.466. The number of benzene rings is 1. The van der Waals surface area contributed by atoms with E-state index < -0.39 is 16.6 Å². The molecule has 7 heteroatoms. The molecule has 0 aliphatic heterocycles. The third-order valence-corrected chi connectivity index (χ3v) is 2.20. The van der Waals surface area contributed by atoms with Crippen LogP contribution in [-0.4, -0.2) is 23.7 Å². The molecule has 0 fully saturated rings. The Hall–Kier alpha value is -2.15. The van der Waals surface area contributed by atoms with Crippen LogP contribution in [0.5, 0.6) is 5.75 Å². The summed E-state index contributed by atoms with van der Waals surface area (Å²) in [6.07, 6.45) is 0. The van der Waals surface area contributed by atoms with Gasteiger partial charge in [-0.3, -0.25) is 14.9 Å². The minimum Gasteiger partial charge on any atom is -0.453 e. The Kier molecular flexibility index (Phi) is 3.64. The Balaban J connectivity index is 2.88. The molecule has 1 aromatic rings. The van der Waals surface area contributed by atoms with Crippen molar-refractivity contribution < 1.29 is 19.2 Å². The van der Waals surface area contributed by atoms with Gasteiger partial charge < -0.3 is 15.2 Å². The lowest BCUT2D eigenvalue weighted by Crippen LogP contribution is -2.47. The zero-order valence-corrected chi connectivity index (χ0v) is 9.38. The summed E-state index contributed by atoms with van der Waals surface area (Å²) >= 11 is 0. The lowest BCUT2D eigenvalue weighted by atomic mass is 10.2. The van der Waals surface area contributed by atoms with Crippen LogP contribution in [0, 0.1) is 10.1 Å². The normalized spacial score (nSPS) is 13.8. The fourth-order valence-corrected chi connectivity index (χ4v) is 1.05. The van der Waals surface area contributed by atoms with Crippen LogP contribution in [0.15, 0.2) is 24.3 Å². The number of carbonyl (C=O) groups is 1. The molecule has 0 aromatic heterocycles. The molecular weight excluding hydrogens is 228 g/mol. The number of hydrogen-bond acceptors (Lipinski definition) is 5. The highest BCUT2D eigenvalue weighted by atomic mass is 16.7. The number of non-ortho nitro benzene ring substituents is 1. The third kappa shape index (κ3) is 2.91. The average molecular weight is 240 g/mol. The maximum absolute atomic E-state index is 11.1. The van der Waals surface area contributed by atoms with Crippen molar-refractivity contribution in [2.75, 3.05) is 7.11 Å². The second kappa shape index (κ2) is 4.79. The Morgan fingerprint density at radius 2 is 1.94 bits per heavy atom. The van der Waals surface area contributed by atoms with Gasteiger partial charge in [-0.15, -0.1) is 0 Å². The number of hydrogen-bond donors (Lipinski definition) is 1. The van der Waals surface area contributed by atoms with Crippen LogP contribution in [0.4, 0.5) is 5.69 Å². The van der Waals surface area contributed by atoms with Gasteiger partial charge in [-0.1, -0.05) is 0 Å². The fraction of sp³-hybridized carbons (Fsp3) is 0.300. The molecule has 17 heavy (non-hydrogen) atoms. The highest BCUT2D eigenvalue weighted by Crippen LogP contribution is 2.22. The van der Waals surface area contributed by atoms with Crippen molar-refractivity contribution in [1.29, 1.82) is 0 Å². The van der Waals surface area contributed by atoms with Crippen LogP contribution in [0.3, 0.4) is 0 Å². The van der Waals surface area contributed by atoms with Crippen molar-refractivity contribution in [3.63, 3.8) is 0 Å². The van der Waals surface area contributed by atoms with Gasteiger partial charge in [0.15, 0.2) is 0 Å². The molecule has 1 amide bonds. The lowest BCUT2D eigenvalue weighted by Gasteiger charge is -2.25. The van der Waals surface area contributed by atoms with E-state index in [-0.39, 0.29) is 11.4 Å². The second-order valence-corrected chi connectivity index (χ2v) is 3.37. The van der Waals surface area contributed by atoms with Gasteiger partial charge in [0.1, 0.15) is 5.75 Å². The van der Waals surface area contributed by atoms with Gasteiger partial charge in [0, 0.05) is 26.2 Å². The third-order valence-electron chi connectivity index (χ3n) is 2.20. The first kappa shape index (κ1) is 12.9. The minimum absolute atomic E-state index is 0.0736. The number of ether oxygens (including phenoxy) is 2. The molecule has 2 N–H and O–H groups in total. The summed E-state index contributed by atoms with van der Waals surface area (Å²) in [5.74, 6) is -2.15. The largest absolute Gasteiger partial charge is 0.453 e. The summed E-state index contributed by atoms with van der Waals surface area (Å²) in [5.41, 5.74) is 5.04. The van der Waals surface area contributed by atoms with Gasteiger partial charge in [-0.05, 0) is 12.1 Å². The molecule has 0 spiro atoms. The molecule has 0 heterocycles. The number of nitro groups is 1. The van der Waals surface area contributed by atoms with Crippen LogP contribution >= 0.6 is 0 Å². The number of methoxy groups -OCH3 is 1. The number of carbonyl (C=O) groups excluding carboxylic acids is 1. The van der Waals surface area contributed by atoms with E-state index in [9.17, 15) is 14.9 Å². The second-order valence-electron chi connectivity index (χ2n) is 3.37. The van der Waals surface area contributed by atoms with E-state index in [1.165, 1.54) is 38.3 Å². The van der Waals surface area contributed by atoms with Gasteiger partial charge in [-0.25, -0.2) is 0 Å². The van der Waals surface area contributed by atoms with Gasteiger partial charge in [0.05, 0.1) is 4.92 Å². The van der Waals surface area contributed by atoms with Crippen molar-refractivity contribution >= 4 is 11.6 Å². The minimum atomic E-state index is -1.60. The summed E-state index contributed by atoms with van der Waals surface area (Å²) in [5, 5.41) is 10.4. The van der Waals surface area contributed by atoms with E-state index in [1.54, 1.807) is 0 Å². The molecule has 1 unspecified atom stereocenters. The van der Waals surface area contributed by atoms with Crippen molar-refractivity contribution in [2.24, 2.45) is 5.73 Å². The molecule has 92 valence electrons. The lowest BCUT2D eigenvalue weighted by molar-refractivity contribution is -0.384. The van der Waals surface area contributed by atoms with Gasteiger partial charge in [0.2, 0.25) is 0 Å². The van der Waals surface area contributed by atoms with E-state index in [0.29, 0.717) is 0 Å². The average Bonchev–Trinajstić information content (AvgIpc) is 2.29. The first-order valence-electron chi connectivity index (χ1n) is 4.67. The van der Waals surface area contributed by atoms with Crippen molar-refractivity contribution in [1.82, 2.24) is 0 Å². The Bertz CT molecular complexity index is 431. The highest BCUT2D eigenvalue weighted by molar-refractivity contribution is 5.81. The molecule has 0 bridgehead atoms. The van der Waals surface area contributed by atoms with Crippen LogP contribution in [0.2, 0.25) is 0 Å². The number of primary amides is 1. The van der Waals surface area contributed by atoms with Crippen LogP contribution in [-0.2, 0) is 9.53 Å². The van der Waals surface area contributed by atoms with Crippen molar-refractivity contribution in [3.05, 3.63) is 34.4 Å². The zero-order chi connectivity index (χ0) is 13.1. The Labute approximate surface area is 97.3 Å². The van der Waals surface area contributed by atoms with Gasteiger partial charge in [-0.2, -0.15) is 0 Å². The molecule has 0 aliphatic rings. The van der Waals surface area contributed by atoms with Gasteiger partial charge >= 0.3 is 0 Å². The molecule has 7 nitrogen and oxygen atoms in total. The van der Waals surface area contributed by atoms with Crippen molar-refractivity contribution in [3.8, 4) is 5.75 Å². The number of nitrogens with zero attached hydrogens (tertiary/aromatic N) is 1. The molecular formula is C10H12N2O5. The standard InChI is InChI=1S/C10H12N2O5/c1-10(16-2,9(11)13)17-8-5-3-7(4-6-8)12(14)15/h3-6H,1-2H3,(H2,11,13). The van der Waals surface area contributed by atoms with E-state index in [0.717, 1.165) is 0 Å². The summed E-state index contributed by atoms with van der Waals surface area (Å²) < 4.78 is 10.1. The first-order valence-corrected chi connectivity index (χ1v) is 4.67. The SMILES string of the molecule is COC(C)(Oc1ccc([N+](=O)[O-])cc1)C(N)=O. The Morgan fingerprint density at radius 3 is 2.29 bits per heavy atom. The van der Waals surface area contributed by atoms with E-state index >= 15 is 0 Å². The number of nitro benzene ring substituents is 1. The summed E-state index contributed by atoms with van der Waals surface area (Å²) in [6.45, 7) is 1.36. The van der Waals surface area contributed by atoms with Crippen molar-refractivity contribution in [2.45, 2.75) is 12.7 Å². The predicted molar refractivity (Wildman–Crippen MR) is 58.3 cm³/mol. The maximum Gasteiger partial charge on any atom is 0.290 e. The van der Waals surface area contributed by atoms with E-state index in [2.05, 4.69) is 0 Å². The van der Waals surface area contributed by atoms with Crippen LogP contribution < -0.4 is 10.5 Å². The molecule has 0 saturated carbocycles. The molecule has 0 radical (unpaired) electrons. The van der Waals surface area contributed by atoms with E-state index in [1.807, 2.05) is 0 Å². The van der Waals surface area contributed by atoms with E-state index in [4.69, 9.17) is 15.2 Å². The maximum atomic E-state index is 11.1. The first-order chi connectivity index (χ1) is 7.89. The number of nitrogens with two attached hydrogens (primary N) is 1. The topological polar surface area (TPSA) is 105 Å². The van der Waals surface area contributed by atoms with Crippen LogP contribution in [0.25, 0.3) is 0 Å². The number of amides is 1. The van der Waals surface area contributed by atoms with Crippen LogP contribution in [0.1, 0.15) is 6.92 Å². The zero-order valence-electron chi connectivity index (χ0n) is 9.38. The highest BCUT2D eigenvalue weighted by Gasteiger charge is 2.33. The summed E-state index contributed by atoms with van der Waals surface area (Å²) in [6, 6.07) is 5.23. The molecule has 1 atom stereocenters. The number of rotatable bonds is 5. The summed E-state index contributed by atoms with van der Waals surface area (Å²) in [7, 11) is 1.27. The molecule has 0 saturated heterocycles. The fourth-order valence-electron chi connectivity index (χ4n) is 1.05. The summed E-state index contributed by atoms with van der Waals surface area (Å²) in [4.78, 5) is 21.0. The molecule has 1 rings (SSSR count). The monoisotopic (exact) mass is 240 g/mol. The molecule has 0 aliphatic carbocycles. The smallest absolute Gasteiger partial charge is 0.290 e. The van der Waals surface area contributed by atoms with Gasteiger partial charge in [0.25, 0.3) is 17.4 Å². The molecule has 1 aromatic carbocycles. The predicted octanol–water partition coefficient (Wildman–Crippen LogP) is 0.821.